The van der Waals surface area contributed by atoms with Gasteiger partial charge < -0.3 is 4.74 Å². The summed E-state index contributed by atoms with van der Waals surface area (Å²) in [5.74, 6) is 0.496. The summed E-state index contributed by atoms with van der Waals surface area (Å²) in [4.78, 5) is 19.0. The summed E-state index contributed by atoms with van der Waals surface area (Å²) in [6, 6.07) is 0. The minimum absolute atomic E-state index is 0.0723. The lowest BCUT2D eigenvalue weighted by atomic mass is 10.1. The van der Waals surface area contributed by atoms with Crippen molar-refractivity contribution < 1.29 is 9.53 Å². The van der Waals surface area contributed by atoms with Gasteiger partial charge in [-0.25, -0.2) is 9.97 Å². The number of Topliss-reactive ketones (excluding diaryl/α,β-unsaturated/α-hetero) is 1. The Bertz CT molecular complexity index is 312. The molecule has 0 amide bonds. The molecule has 0 bridgehead atoms. The van der Waals surface area contributed by atoms with Gasteiger partial charge in [0.2, 0.25) is 5.88 Å². The van der Waals surface area contributed by atoms with Crippen LogP contribution in [0.15, 0.2) is 12.5 Å². The summed E-state index contributed by atoms with van der Waals surface area (Å²) in [6.07, 6.45) is 4.18. The molecule has 1 aromatic rings. The van der Waals surface area contributed by atoms with E-state index in [0.717, 1.165) is 6.42 Å². The maximum absolute atomic E-state index is 11.3. The molecule has 0 atom stereocenters. The largest absolute Gasteiger partial charge is 0.477 e. The molecule has 0 aromatic carbocycles. The fourth-order valence-corrected chi connectivity index (χ4v) is 1.16. The van der Waals surface area contributed by atoms with Crippen LogP contribution in [0.3, 0.4) is 0 Å². The zero-order valence-corrected chi connectivity index (χ0v) is 6.49. The van der Waals surface area contributed by atoms with E-state index in [1.165, 1.54) is 12.5 Å². The lowest BCUT2D eigenvalue weighted by Gasteiger charge is -2.01. The molecule has 4 heteroatoms. The van der Waals surface area contributed by atoms with E-state index in [2.05, 4.69) is 9.97 Å². The highest BCUT2D eigenvalue weighted by Crippen LogP contribution is 2.19. The van der Waals surface area contributed by atoms with E-state index in [1.807, 2.05) is 0 Å². The second-order valence-corrected chi connectivity index (χ2v) is 2.62. The van der Waals surface area contributed by atoms with Crippen LogP contribution in [0, 0.1) is 0 Å². The van der Waals surface area contributed by atoms with Crippen molar-refractivity contribution in [3.05, 3.63) is 18.1 Å². The van der Waals surface area contributed by atoms with Crippen LogP contribution in [0.5, 0.6) is 5.88 Å². The van der Waals surface area contributed by atoms with Gasteiger partial charge >= 0.3 is 0 Å². The standard InChI is InChI=1S/C8H8N2O2/c11-7-2-1-3-12-8-6(7)4-9-5-10-8/h4-5H,1-3H2. The number of nitrogens with zero attached hydrogens (tertiary/aromatic N) is 2. The number of fused-ring (bicyclic) bond motifs is 1. The van der Waals surface area contributed by atoms with Gasteiger partial charge in [-0.1, -0.05) is 0 Å². The van der Waals surface area contributed by atoms with Crippen LogP contribution in [0.25, 0.3) is 0 Å². The molecule has 62 valence electrons. The summed E-state index contributed by atoms with van der Waals surface area (Å²) in [6.45, 7) is 0.565. The van der Waals surface area contributed by atoms with Crippen LogP contribution >= 0.6 is 0 Å². The molecule has 1 aromatic heterocycles. The Morgan fingerprint density at radius 1 is 1.50 bits per heavy atom. The van der Waals surface area contributed by atoms with E-state index in [-0.39, 0.29) is 5.78 Å². The Morgan fingerprint density at radius 3 is 3.33 bits per heavy atom. The lowest BCUT2D eigenvalue weighted by Crippen LogP contribution is -2.00. The van der Waals surface area contributed by atoms with Gasteiger partial charge in [-0.15, -0.1) is 0 Å². The molecular weight excluding hydrogens is 156 g/mol. The van der Waals surface area contributed by atoms with E-state index in [9.17, 15) is 4.79 Å². The quantitative estimate of drug-likeness (QED) is 0.570. The van der Waals surface area contributed by atoms with Crippen LogP contribution in [0.2, 0.25) is 0 Å². The van der Waals surface area contributed by atoms with Gasteiger partial charge in [0.15, 0.2) is 5.78 Å². The van der Waals surface area contributed by atoms with Crippen molar-refractivity contribution in [3.63, 3.8) is 0 Å². The van der Waals surface area contributed by atoms with E-state index >= 15 is 0 Å². The molecule has 4 nitrogen and oxygen atoms in total. The molecule has 0 aliphatic carbocycles. The average molecular weight is 164 g/mol. The Morgan fingerprint density at radius 2 is 2.42 bits per heavy atom. The maximum Gasteiger partial charge on any atom is 0.227 e. The van der Waals surface area contributed by atoms with Gasteiger partial charge in [-0.3, -0.25) is 4.79 Å². The van der Waals surface area contributed by atoms with Crippen LogP contribution in [-0.2, 0) is 0 Å². The van der Waals surface area contributed by atoms with Crippen molar-refractivity contribution >= 4 is 5.78 Å². The van der Waals surface area contributed by atoms with Gasteiger partial charge in [0.1, 0.15) is 6.33 Å². The van der Waals surface area contributed by atoms with Crippen molar-refractivity contribution in [2.45, 2.75) is 12.8 Å². The van der Waals surface area contributed by atoms with Gasteiger partial charge in [-0.2, -0.15) is 0 Å². The predicted octanol–water partition coefficient (Wildman–Crippen LogP) is 0.832. The van der Waals surface area contributed by atoms with E-state index in [0.29, 0.717) is 24.5 Å². The maximum atomic E-state index is 11.3. The SMILES string of the molecule is O=C1CCCOc2ncncc21. The third-order valence-electron chi connectivity index (χ3n) is 1.76. The molecule has 0 radical (unpaired) electrons. The highest BCUT2D eigenvalue weighted by molar-refractivity contribution is 5.98. The normalized spacial score (nSPS) is 16.2. The molecule has 0 spiro atoms. The van der Waals surface area contributed by atoms with E-state index < -0.39 is 0 Å². The molecule has 0 saturated carbocycles. The van der Waals surface area contributed by atoms with Crippen molar-refractivity contribution in [2.75, 3.05) is 6.61 Å². The van der Waals surface area contributed by atoms with Crippen molar-refractivity contribution in [3.8, 4) is 5.88 Å². The number of hydrogen-bond donors (Lipinski definition) is 0. The lowest BCUT2D eigenvalue weighted by molar-refractivity contribution is 0.0982. The first kappa shape index (κ1) is 7.21. The molecule has 0 N–H and O–H groups in total. The first-order valence-electron chi connectivity index (χ1n) is 3.84. The van der Waals surface area contributed by atoms with Gasteiger partial charge in [0.25, 0.3) is 0 Å². The third-order valence-corrected chi connectivity index (χ3v) is 1.76. The van der Waals surface area contributed by atoms with Crippen LogP contribution < -0.4 is 4.74 Å². The number of carbonyl (C=O) groups is 1. The Balaban J connectivity index is 2.46. The number of aromatic nitrogens is 2. The summed E-state index contributed by atoms with van der Waals surface area (Å²) in [5.41, 5.74) is 0.509. The number of rotatable bonds is 0. The molecule has 1 aliphatic heterocycles. The van der Waals surface area contributed by atoms with E-state index in [1.54, 1.807) is 0 Å². The number of ether oxygens (including phenoxy) is 1. The monoisotopic (exact) mass is 164 g/mol. The van der Waals surface area contributed by atoms with Crippen LogP contribution in [0.1, 0.15) is 23.2 Å². The number of ketones is 1. The molecule has 2 rings (SSSR count). The van der Waals surface area contributed by atoms with Crippen molar-refractivity contribution in [2.24, 2.45) is 0 Å². The van der Waals surface area contributed by atoms with Crippen molar-refractivity contribution in [1.82, 2.24) is 9.97 Å². The fourth-order valence-electron chi connectivity index (χ4n) is 1.16. The van der Waals surface area contributed by atoms with Gasteiger partial charge in [0, 0.05) is 12.6 Å². The molecule has 12 heavy (non-hydrogen) atoms. The topological polar surface area (TPSA) is 52.1 Å². The van der Waals surface area contributed by atoms with Crippen LogP contribution in [0.4, 0.5) is 0 Å². The van der Waals surface area contributed by atoms with E-state index in [4.69, 9.17) is 4.74 Å². The Labute approximate surface area is 69.6 Å². The average Bonchev–Trinajstić information content (AvgIpc) is 2.29. The van der Waals surface area contributed by atoms with Gasteiger partial charge in [0.05, 0.1) is 12.2 Å². The minimum Gasteiger partial charge on any atom is -0.477 e. The highest BCUT2D eigenvalue weighted by Gasteiger charge is 2.16. The van der Waals surface area contributed by atoms with Crippen molar-refractivity contribution in [1.29, 1.82) is 0 Å². The zero-order valence-electron chi connectivity index (χ0n) is 6.49. The van der Waals surface area contributed by atoms with Crippen LogP contribution in [-0.4, -0.2) is 22.4 Å². The Hall–Kier alpha value is -1.45. The minimum atomic E-state index is 0.0723. The molecule has 0 unspecified atom stereocenters. The zero-order chi connectivity index (χ0) is 8.39. The van der Waals surface area contributed by atoms with Gasteiger partial charge in [-0.05, 0) is 6.42 Å². The first-order chi connectivity index (χ1) is 5.88. The predicted molar refractivity (Wildman–Crippen MR) is 41.1 cm³/mol. The molecule has 0 fully saturated rings. The summed E-state index contributed by atoms with van der Waals surface area (Å²) < 4.78 is 5.25. The second-order valence-electron chi connectivity index (χ2n) is 2.62. The molecule has 1 aliphatic rings. The third kappa shape index (κ3) is 1.15. The first-order valence-corrected chi connectivity index (χ1v) is 3.84. The highest BCUT2D eigenvalue weighted by atomic mass is 16.5. The molecule has 2 heterocycles. The smallest absolute Gasteiger partial charge is 0.227 e. The summed E-state index contributed by atoms with van der Waals surface area (Å²) in [7, 11) is 0. The second kappa shape index (κ2) is 2.89. The summed E-state index contributed by atoms with van der Waals surface area (Å²) in [5, 5.41) is 0. The fraction of sp³-hybridized carbons (Fsp3) is 0.375. The molecule has 0 saturated heterocycles. The Kier molecular flexibility index (Phi) is 1.74. The number of carbonyl (C=O) groups excluding carboxylic acids is 1. The number of hydrogen-bond acceptors (Lipinski definition) is 4. The summed E-state index contributed by atoms with van der Waals surface area (Å²) >= 11 is 0. The molecular formula is C8H8N2O2.